The summed E-state index contributed by atoms with van der Waals surface area (Å²) in [6, 6.07) is 26.7. The lowest BCUT2D eigenvalue weighted by Gasteiger charge is -2.12. The number of nitrogens with one attached hydrogen (secondary N) is 1. The van der Waals surface area contributed by atoms with Crippen LogP contribution in [0.25, 0.3) is 28.2 Å². The van der Waals surface area contributed by atoms with Crippen LogP contribution in [0.5, 0.6) is 5.75 Å². The summed E-state index contributed by atoms with van der Waals surface area (Å²) in [5.41, 5.74) is 7.68. The molecule has 180 valence electrons. The number of rotatable bonds is 5. The molecular formula is C29H25BrN4OS. The van der Waals surface area contributed by atoms with Crippen molar-refractivity contribution < 1.29 is 4.74 Å². The van der Waals surface area contributed by atoms with Crippen LogP contribution in [0.15, 0.2) is 83.3 Å². The molecule has 0 saturated heterocycles. The summed E-state index contributed by atoms with van der Waals surface area (Å²) in [4.78, 5) is 0.643. The van der Waals surface area contributed by atoms with Crippen LogP contribution < -0.4 is 10.1 Å². The topological polar surface area (TPSA) is 43.5 Å². The third-order valence-corrected chi connectivity index (χ3v) is 7.54. The highest BCUT2D eigenvalue weighted by Gasteiger charge is 2.29. The van der Waals surface area contributed by atoms with Crippen LogP contribution in [0, 0.1) is 0 Å². The number of anilines is 1. The Bertz CT molecular complexity index is 1550. The Morgan fingerprint density at radius 2 is 1.69 bits per heavy atom. The van der Waals surface area contributed by atoms with Gasteiger partial charge in [0.1, 0.15) is 22.1 Å². The molecule has 7 heteroatoms. The lowest BCUT2D eigenvalue weighted by molar-refractivity contribution is 0.415. The minimum Gasteiger partial charge on any atom is -0.497 e. The molecule has 0 saturated carbocycles. The van der Waals surface area contributed by atoms with E-state index < -0.39 is 0 Å². The van der Waals surface area contributed by atoms with Crippen LogP contribution in [0.2, 0.25) is 0 Å². The van der Waals surface area contributed by atoms with E-state index in [0.29, 0.717) is 4.99 Å². The minimum atomic E-state index is 0.643. The lowest BCUT2D eigenvalue weighted by Crippen LogP contribution is -2.15. The number of halogens is 1. The zero-order chi connectivity index (χ0) is 24.6. The number of aromatic nitrogens is 3. The van der Waals surface area contributed by atoms with E-state index in [9.17, 15) is 0 Å². The normalized spacial score (nSPS) is 12.9. The highest BCUT2D eigenvalue weighted by atomic mass is 79.9. The van der Waals surface area contributed by atoms with Gasteiger partial charge in [-0.15, -0.1) is 5.10 Å². The van der Waals surface area contributed by atoms with Gasteiger partial charge in [0.15, 0.2) is 5.82 Å². The number of hydrogen-bond donors (Lipinski definition) is 1. The maximum Gasteiger partial charge on any atom is 0.162 e. The van der Waals surface area contributed by atoms with E-state index in [4.69, 9.17) is 22.1 Å². The van der Waals surface area contributed by atoms with Gasteiger partial charge in [-0.25, -0.2) is 4.52 Å². The molecule has 2 aromatic heterocycles. The predicted octanol–water partition coefficient (Wildman–Crippen LogP) is 7.36. The fraction of sp³-hybridized carbons (Fsp3) is 0.172. The molecule has 0 spiro atoms. The molecule has 0 fully saturated rings. The molecular weight excluding hydrogens is 532 g/mol. The Morgan fingerprint density at radius 3 is 2.42 bits per heavy atom. The largest absolute Gasteiger partial charge is 0.497 e. The van der Waals surface area contributed by atoms with E-state index in [1.54, 1.807) is 7.11 Å². The summed E-state index contributed by atoms with van der Waals surface area (Å²) in [5.74, 6) is 1.78. The van der Waals surface area contributed by atoms with Crippen LogP contribution in [0.3, 0.4) is 0 Å². The number of aryl methyl sites for hydroxylation is 2. The number of nitrogens with zero attached hydrogens (tertiary/aromatic N) is 3. The van der Waals surface area contributed by atoms with Crippen LogP contribution in [-0.2, 0) is 13.0 Å². The SMILES string of the molecule is COc1ccc(NC(=S)c2c(-c3ccc(Br)cc3)c3c4n(c(-c5ccccc5)nn24)CCCC3)cc1. The molecule has 0 amide bonds. The first-order valence-corrected chi connectivity index (χ1v) is 13.2. The minimum absolute atomic E-state index is 0.643. The van der Waals surface area contributed by atoms with Gasteiger partial charge in [0.2, 0.25) is 0 Å². The second-order valence-corrected chi connectivity index (χ2v) is 10.2. The monoisotopic (exact) mass is 556 g/mol. The second-order valence-electron chi connectivity index (χ2n) is 8.93. The van der Waals surface area contributed by atoms with Crippen LogP contribution in [0.4, 0.5) is 5.69 Å². The standard InChI is InChI=1S/C29H25BrN4OS/c1-35-23-16-14-22(15-17-23)31-28(36)26-25(19-10-12-21(30)13-11-19)24-9-5-6-18-33-27(32-34(26)29(24)33)20-7-3-2-4-8-20/h2-4,7-8,10-17H,5-6,9,18H2,1H3,(H,31,36). The Labute approximate surface area is 223 Å². The van der Waals surface area contributed by atoms with Gasteiger partial charge < -0.3 is 14.6 Å². The summed E-state index contributed by atoms with van der Waals surface area (Å²) in [6.07, 6.45) is 3.22. The molecule has 5 nitrogen and oxygen atoms in total. The van der Waals surface area contributed by atoms with Gasteiger partial charge in [-0.2, -0.15) is 0 Å². The third kappa shape index (κ3) is 4.02. The van der Waals surface area contributed by atoms with Crippen LogP contribution in [0.1, 0.15) is 24.1 Å². The average Bonchev–Trinajstić information content (AvgIpc) is 3.33. The number of thiocarbonyl (C=S) groups is 1. The summed E-state index contributed by atoms with van der Waals surface area (Å²) in [5, 5.41) is 8.63. The van der Waals surface area contributed by atoms with E-state index in [-0.39, 0.29) is 0 Å². The molecule has 1 aliphatic rings. The van der Waals surface area contributed by atoms with Gasteiger partial charge in [-0.05, 0) is 61.2 Å². The molecule has 0 bridgehead atoms. The lowest BCUT2D eigenvalue weighted by atomic mass is 9.98. The Hall–Kier alpha value is -3.42. The van der Waals surface area contributed by atoms with Crippen molar-refractivity contribution >= 4 is 44.5 Å². The molecule has 3 aromatic carbocycles. The molecule has 0 radical (unpaired) electrons. The maximum absolute atomic E-state index is 6.07. The Balaban J connectivity index is 1.57. The summed E-state index contributed by atoms with van der Waals surface area (Å²) in [7, 11) is 1.67. The highest BCUT2D eigenvalue weighted by Crippen LogP contribution is 2.39. The van der Waals surface area contributed by atoms with Crippen molar-refractivity contribution in [1.29, 1.82) is 0 Å². The van der Waals surface area contributed by atoms with Crippen molar-refractivity contribution in [3.63, 3.8) is 0 Å². The third-order valence-electron chi connectivity index (χ3n) is 6.71. The summed E-state index contributed by atoms with van der Waals surface area (Å²) in [6.45, 7) is 0.933. The molecule has 1 aliphatic heterocycles. The van der Waals surface area contributed by atoms with E-state index in [0.717, 1.165) is 75.6 Å². The quantitative estimate of drug-likeness (QED) is 0.229. The fourth-order valence-electron chi connectivity index (χ4n) is 5.04. The molecule has 0 atom stereocenters. The van der Waals surface area contributed by atoms with Crippen molar-refractivity contribution in [2.24, 2.45) is 0 Å². The summed E-state index contributed by atoms with van der Waals surface area (Å²) >= 11 is 9.65. The fourth-order valence-corrected chi connectivity index (χ4v) is 5.61. The van der Waals surface area contributed by atoms with E-state index in [1.165, 1.54) is 5.56 Å². The van der Waals surface area contributed by atoms with Crippen molar-refractivity contribution in [3.8, 4) is 28.3 Å². The molecule has 3 heterocycles. The number of hydrogen-bond acceptors (Lipinski definition) is 3. The van der Waals surface area contributed by atoms with E-state index in [1.807, 2.05) is 30.3 Å². The van der Waals surface area contributed by atoms with Crippen molar-refractivity contribution in [3.05, 3.63) is 94.6 Å². The zero-order valence-corrected chi connectivity index (χ0v) is 22.3. The average molecular weight is 558 g/mol. The molecule has 36 heavy (non-hydrogen) atoms. The molecule has 0 unspecified atom stereocenters. The summed E-state index contributed by atoms with van der Waals surface area (Å²) < 4.78 is 10.8. The van der Waals surface area contributed by atoms with Crippen molar-refractivity contribution in [2.45, 2.75) is 25.8 Å². The van der Waals surface area contributed by atoms with Gasteiger partial charge in [0.05, 0.1) is 7.11 Å². The van der Waals surface area contributed by atoms with Gasteiger partial charge in [0.25, 0.3) is 0 Å². The van der Waals surface area contributed by atoms with E-state index >= 15 is 0 Å². The Morgan fingerprint density at radius 1 is 0.944 bits per heavy atom. The number of benzene rings is 3. The number of ether oxygens (including phenoxy) is 1. The van der Waals surface area contributed by atoms with E-state index in [2.05, 4.69) is 78.9 Å². The maximum atomic E-state index is 6.07. The zero-order valence-electron chi connectivity index (χ0n) is 19.9. The van der Waals surface area contributed by atoms with Crippen LogP contribution >= 0.6 is 28.1 Å². The van der Waals surface area contributed by atoms with Crippen molar-refractivity contribution in [1.82, 2.24) is 14.2 Å². The molecule has 0 aliphatic carbocycles. The first-order chi connectivity index (χ1) is 17.6. The molecule has 5 aromatic rings. The predicted molar refractivity (Wildman–Crippen MR) is 153 cm³/mol. The second kappa shape index (κ2) is 9.56. The first kappa shape index (κ1) is 23.0. The molecule has 6 rings (SSSR count). The van der Waals surface area contributed by atoms with Gasteiger partial charge in [-0.3, -0.25) is 0 Å². The Kier molecular flexibility index (Phi) is 6.11. The van der Waals surface area contributed by atoms with Gasteiger partial charge in [0, 0.05) is 33.4 Å². The van der Waals surface area contributed by atoms with Crippen molar-refractivity contribution in [2.75, 3.05) is 12.4 Å². The number of methoxy groups -OCH3 is 1. The highest BCUT2D eigenvalue weighted by molar-refractivity contribution is 9.10. The first-order valence-electron chi connectivity index (χ1n) is 12.0. The molecule has 1 N–H and O–H groups in total. The van der Waals surface area contributed by atoms with Gasteiger partial charge >= 0.3 is 0 Å². The van der Waals surface area contributed by atoms with Gasteiger partial charge in [-0.1, -0.05) is 70.6 Å². The smallest absolute Gasteiger partial charge is 0.162 e. The van der Waals surface area contributed by atoms with Crippen LogP contribution in [-0.4, -0.2) is 26.3 Å².